The Bertz CT molecular complexity index is 571. The van der Waals surface area contributed by atoms with Gasteiger partial charge in [-0.2, -0.15) is 4.99 Å². The molecule has 0 fully saturated rings. The van der Waals surface area contributed by atoms with E-state index in [2.05, 4.69) is 10.3 Å². The van der Waals surface area contributed by atoms with Crippen molar-refractivity contribution in [3.05, 3.63) is 35.6 Å². The molecule has 3 N–H and O–H groups in total. The van der Waals surface area contributed by atoms with E-state index in [1.165, 1.54) is 24.3 Å². The summed E-state index contributed by atoms with van der Waals surface area (Å²) in [6, 6.07) is 5.25. The lowest BCUT2D eigenvalue weighted by molar-refractivity contribution is -0.129. The van der Waals surface area contributed by atoms with E-state index >= 15 is 0 Å². The van der Waals surface area contributed by atoms with Gasteiger partial charge in [-0.25, -0.2) is 4.39 Å². The first kappa shape index (κ1) is 14.3. The Morgan fingerprint density at radius 2 is 2.20 bits per heavy atom. The van der Waals surface area contributed by atoms with Crippen LogP contribution in [0.4, 0.5) is 4.39 Å². The summed E-state index contributed by atoms with van der Waals surface area (Å²) in [4.78, 5) is 27.9. The molecular weight excluding hydrogens is 261 g/mol. The molecule has 1 aromatic rings. The lowest BCUT2D eigenvalue weighted by atomic mass is 9.95. The maximum absolute atomic E-state index is 13.2. The van der Waals surface area contributed by atoms with E-state index in [0.717, 1.165) is 6.42 Å². The minimum Gasteiger partial charge on any atom is -0.327 e. The standard InChI is InChI=1S/C14H16FN3O2/c1-2-10(16)7-11-17-13(19)12(14(20)18-11)8-4-3-5-9(15)6-8/h3-6,10,12H,2,7,16H2,1H3,(H,17,18,19,20). The fraction of sp³-hybridized carbons (Fsp3) is 0.357. The van der Waals surface area contributed by atoms with Gasteiger partial charge in [-0.15, -0.1) is 0 Å². The number of aliphatic imine (C=N–C) groups is 1. The highest BCUT2D eigenvalue weighted by atomic mass is 19.1. The molecule has 1 aliphatic heterocycles. The van der Waals surface area contributed by atoms with Crippen LogP contribution < -0.4 is 11.1 Å². The summed E-state index contributed by atoms with van der Waals surface area (Å²) >= 11 is 0. The molecule has 0 aliphatic carbocycles. The molecule has 0 saturated carbocycles. The van der Waals surface area contributed by atoms with Crippen molar-refractivity contribution in [2.45, 2.75) is 31.7 Å². The Labute approximate surface area is 116 Å². The van der Waals surface area contributed by atoms with Crippen molar-refractivity contribution in [2.75, 3.05) is 0 Å². The van der Waals surface area contributed by atoms with E-state index in [4.69, 9.17) is 5.73 Å². The molecule has 2 atom stereocenters. The van der Waals surface area contributed by atoms with Crippen LogP contribution in [-0.2, 0) is 9.59 Å². The molecule has 1 heterocycles. The predicted octanol–water partition coefficient (Wildman–Crippen LogP) is 1.09. The molecule has 6 heteroatoms. The highest BCUT2D eigenvalue weighted by molar-refractivity contribution is 6.19. The van der Waals surface area contributed by atoms with Crippen LogP contribution in [0.5, 0.6) is 0 Å². The Morgan fingerprint density at radius 3 is 2.80 bits per heavy atom. The van der Waals surface area contributed by atoms with Gasteiger partial charge in [0.1, 0.15) is 17.6 Å². The topological polar surface area (TPSA) is 84.5 Å². The molecule has 20 heavy (non-hydrogen) atoms. The Balaban J connectivity index is 2.23. The highest BCUT2D eigenvalue weighted by Crippen LogP contribution is 2.21. The van der Waals surface area contributed by atoms with Crippen LogP contribution in [0.15, 0.2) is 29.3 Å². The van der Waals surface area contributed by atoms with Gasteiger partial charge in [-0.3, -0.25) is 9.59 Å². The first-order valence-electron chi connectivity index (χ1n) is 6.44. The van der Waals surface area contributed by atoms with Gasteiger partial charge >= 0.3 is 0 Å². The average molecular weight is 277 g/mol. The van der Waals surface area contributed by atoms with Gasteiger partial charge < -0.3 is 11.1 Å². The minimum absolute atomic E-state index is 0.160. The Kier molecular flexibility index (Phi) is 4.24. The van der Waals surface area contributed by atoms with Gasteiger partial charge in [-0.1, -0.05) is 19.1 Å². The van der Waals surface area contributed by atoms with Crippen LogP contribution in [0.2, 0.25) is 0 Å². The molecule has 5 nitrogen and oxygen atoms in total. The zero-order valence-electron chi connectivity index (χ0n) is 11.1. The number of carbonyl (C=O) groups is 2. The number of halogens is 1. The summed E-state index contributed by atoms with van der Waals surface area (Å²) in [6.07, 6.45) is 1.06. The lowest BCUT2D eigenvalue weighted by Gasteiger charge is -2.21. The second kappa shape index (κ2) is 5.92. The zero-order chi connectivity index (χ0) is 14.7. The summed E-state index contributed by atoms with van der Waals surface area (Å²) in [6.45, 7) is 1.91. The van der Waals surface area contributed by atoms with Crippen molar-refractivity contribution in [3.63, 3.8) is 0 Å². The zero-order valence-corrected chi connectivity index (χ0v) is 11.1. The van der Waals surface area contributed by atoms with Crippen molar-refractivity contribution in [1.82, 2.24) is 5.32 Å². The molecule has 1 aliphatic rings. The Hall–Kier alpha value is -2.08. The molecule has 0 radical (unpaired) electrons. The SMILES string of the molecule is CCC(N)CC1=NC(=O)C(c2cccc(F)c2)C(=O)N1. The number of nitrogens with zero attached hydrogens (tertiary/aromatic N) is 1. The summed E-state index contributed by atoms with van der Waals surface area (Å²) < 4.78 is 13.2. The van der Waals surface area contributed by atoms with E-state index in [-0.39, 0.29) is 11.9 Å². The predicted molar refractivity (Wildman–Crippen MR) is 72.6 cm³/mol. The third kappa shape index (κ3) is 3.08. The number of hydrogen-bond acceptors (Lipinski definition) is 3. The van der Waals surface area contributed by atoms with Gasteiger partial charge in [0.15, 0.2) is 0 Å². The van der Waals surface area contributed by atoms with Gasteiger partial charge in [0.25, 0.3) is 5.91 Å². The second-order valence-corrected chi connectivity index (χ2v) is 4.75. The summed E-state index contributed by atoms with van der Waals surface area (Å²) in [5, 5.41) is 2.57. The van der Waals surface area contributed by atoms with Crippen molar-refractivity contribution in [2.24, 2.45) is 10.7 Å². The number of carbonyl (C=O) groups excluding carboxylic acids is 2. The number of amidine groups is 1. The molecule has 0 bridgehead atoms. The van der Waals surface area contributed by atoms with Crippen molar-refractivity contribution >= 4 is 17.6 Å². The smallest absolute Gasteiger partial charge is 0.264 e. The summed E-state index contributed by atoms with van der Waals surface area (Å²) in [7, 11) is 0. The molecule has 106 valence electrons. The maximum atomic E-state index is 13.2. The lowest BCUT2D eigenvalue weighted by Crippen LogP contribution is -2.44. The molecule has 0 aromatic heterocycles. The van der Waals surface area contributed by atoms with Crippen LogP contribution >= 0.6 is 0 Å². The van der Waals surface area contributed by atoms with E-state index in [1.807, 2.05) is 6.92 Å². The molecule has 0 saturated heterocycles. The number of rotatable bonds is 4. The third-order valence-electron chi connectivity index (χ3n) is 3.18. The fourth-order valence-corrected chi connectivity index (χ4v) is 2.02. The van der Waals surface area contributed by atoms with Crippen LogP contribution in [0.3, 0.4) is 0 Å². The van der Waals surface area contributed by atoms with Crippen LogP contribution in [0.25, 0.3) is 0 Å². The first-order valence-corrected chi connectivity index (χ1v) is 6.44. The quantitative estimate of drug-likeness (QED) is 0.808. The maximum Gasteiger partial charge on any atom is 0.264 e. The van der Waals surface area contributed by atoms with E-state index in [1.54, 1.807) is 0 Å². The van der Waals surface area contributed by atoms with Crippen LogP contribution in [0.1, 0.15) is 31.2 Å². The van der Waals surface area contributed by atoms with Crippen molar-refractivity contribution in [3.8, 4) is 0 Å². The third-order valence-corrected chi connectivity index (χ3v) is 3.18. The van der Waals surface area contributed by atoms with E-state index < -0.39 is 23.5 Å². The normalized spacial score (nSPS) is 20.4. The molecule has 0 spiro atoms. The van der Waals surface area contributed by atoms with Crippen LogP contribution in [-0.4, -0.2) is 23.7 Å². The van der Waals surface area contributed by atoms with Gasteiger partial charge in [-0.05, 0) is 24.1 Å². The Morgan fingerprint density at radius 1 is 1.45 bits per heavy atom. The molecule has 2 rings (SSSR count). The minimum atomic E-state index is -1.09. The van der Waals surface area contributed by atoms with Gasteiger partial charge in [0.2, 0.25) is 5.91 Å². The summed E-state index contributed by atoms with van der Waals surface area (Å²) in [5.41, 5.74) is 6.07. The van der Waals surface area contributed by atoms with Gasteiger partial charge in [0.05, 0.1) is 0 Å². The van der Waals surface area contributed by atoms with Crippen LogP contribution in [0, 0.1) is 5.82 Å². The number of nitrogens with one attached hydrogen (secondary N) is 1. The van der Waals surface area contributed by atoms with Gasteiger partial charge in [0, 0.05) is 12.5 Å². The number of nitrogens with two attached hydrogens (primary N) is 1. The second-order valence-electron chi connectivity index (χ2n) is 4.75. The molecule has 2 unspecified atom stereocenters. The largest absolute Gasteiger partial charge is 0.327 e. The summed E-state index contributed by atoms with van der Waals surface area (Å²) in [5.74, 6) is -2.38. The fourth-order valence-electron chi connectivity index (χ4n) is 2.02. The average Bonchev–Trinajstić information content (AvgIpc) is 2.37. The monoisotopic (exact) mass is 277 g/mol. The number of amides is 2. The molecular formula is C14H16FN3O2. The highest BCUT2D eigenvalue weighted by Gasteiger charge is 2.33. The molecule has 1 aromatic carbocycles. The van der Waals surface area contributed by atoms with Crippen molar-refractivity contribution in [1.29, 1.82) is 0 Å². The first-order chi connectivity index (χ1) is 9.51. The number of hydrogen-bond donors (Lipinski definition) is 2. The van der Waals surface area contributed by atoms with Crippen molar-refractivity contribution < 1.29 is 14.0 Å². The molecule has 2 amide bonds. The van der Waals surface area contributed by atoms with E-state index in [0.29, 0.717) is 12.0 Å². The number of benzene rings is 1. The van der Waals surface area contributed by atoms with E-state index in [9.17, 15) is 14.0 Å².